The first kappa shape index (κ1) is 13.0. The summed E-state index contributed by atoms with van der Waals surface area (Å²) < 4.78 is 2.19. The second-order valence-corrected chi connectivity index (χ2v) is 6.50. The van der Waals surface area contributed by atoms with Gasteiger partial charge in [0.1, 0.15) is 10.7 Å². The Morgan fingerprint density at radius 3 is 2.89 bits per heavy atom. The van der Waals surface area contributed by atoms with Gasteiger partial charge in [0, 0.05) is 17.9 Å². The van der Waals surface area contributed by atoms with Gasteiger partial charge in [-0.25, -0.2) is 4.98 Å². The fourth-order valence-corrected chi connectivity index (χ4v) is 4.19. The summed E-state index contributed by atoms with van der Waals surface area (Å²) in [6.45, 7) is 0.681. The SMILES string of the molecule is NCCc1c(SC2CCCCC2)nc2ccccn12. The molecule has 2 aromatic rings. The molecule has 0 aromatic carbocycles. The summed E-state index contributed by atoms with van der Waals surface area (Å²) in [5.41, 5.74) is 8.09. The van der Waals surface area contributed by atoms with Gasteiger partial charge in [-0.2, -0.15) is 0 Å². The molecule has 0 bridgehead atoms. The Morgan fingerprint density at radius 2 is 2.11 bits per heavy atom. The standard InChI is InChI=1S/C15H21N3S/c16-10-9-13-15(19-12-6-2-1-3-7-12)17-14-8-4-5-11-18(13)14/h4-5,8,11-12H,1-3,6-7,9-10,16H2. The van der Waals surface area contributed by atoms with Gasteiger partial charge in [0.25, 0.3) is 0 Å². The van der Waals surface area contributed by atoms with Crippen molar-refractivity contribution in [3.8, 4) is 0 Å². The maximum atomic E-state index is 5.76. The number of nitrogens with zero attached hydrogens (tertiary/aromatic N) is 2. The molecule has 0 aliphatic heterocycles. The minimum atomic E-state index is 0.681. The summed E-state index contributed by atoms with van der Waals surface area (Å²) in [7, 11) is 0. The van der Waals surface area contributed by atoms with Gasteiger partial charge in [-0.1, -0.05) is 25.3 Å². The topological polar surface area (TPSA) is 43.3 Å². The number of hydrogen-bond acceptors (Lipinski definition) is 3. The van der Waals surface area contributed by atoms with E-state index in [1.165, 1.54) is 42.8 Å². The van der Waals surface area contributed by atoms with E-state index in [0.717, 1.165) is 17.3 Å². The maximum absolute atomic E-state index is 5.76. The first-order valence-electron chi connectivity index (χ1n) is 7.21. The van der Waals surface area contributed by atoms with Gasteiger partial charge in [0.05, 0.1) is 5.69 Å². The van der Waals surface area contributed by atoms with E-state index in [9.17, 15) is 0 Å². The molecule has 0 spiro atoms. The molecule has 0 unspecified atom stereocenters. The first-order valence-corrected chi connectivity index (χ1v) is 8.09. The third-order valence-electron chi connectivity index (χ3n) is 3.80. The summed E-state index contributed by atoms with van der Waals surface area (Å²) in [5, 5.41) is 1.94. The van der Waals surface area contributed by atoms with Gasteiger partial charge in [-0.05, 0) is 31.5 Å². The molecule has 3 rings (SSSR count). The van der Waals surface area contributed by atoms with Gasteiger partial charge in [0.2, 0.25) is 0 Å². The molecule has 0 amide bonds. The van der Waals surface area contributed by atoms with Crippen molar-refractivity contribution in [1.29, 1.82) is 0 Å². The average molecular weight is 275 g/mol. The number of nitrogens with two attached hydrogens (primary N) is 1. The fourth-order valence-electron chi connectivity index (χ4n) is 2.82. The predicted molar refractivity (Wildman–Crippen MR) is 80.7 cm³/mol. The Morgan fingerprint density at radius 1 is 1.26 bits per heavy atom. The lowest BCUT2D eigenvalue weighted by atomic mass is 10.0. The average Bonchev–Trinajstić information content (AvgIpc) is 2.79. The molecule has 0 atom stereocenters. The zero-order chi connectivity index (χ0) is 13.1. The third kappa shape index (κ3) is 2.79. The Balaban J connectivity index is 1.90. The monoisotopic (exact) mass is 275 g/mol. The van der Waals surface area contributed by atoms with Crippen LogP contribution in [0.2, 0.25) is 0 Å². The van der Waals surface area contributed by atoms with E-state index < -0.39 is 0 Å². The third-order valence-corrected chi connectivity index (χ3v) is 5.16. The molecular formula is C15H21N3S. The Kier molecular flexibility index (Phi) is 4.09. The van der Waals surface area contributed by atoms with Gasteiger partial charge in [-0.3, -0.25) is 0 Å². The lowest BCUT2D eigenvalue weighted by molar-refractivity contribution is 0.515. The van der Waals surface area contributed by atoms with Crippen LogP contribution in [0.15, 0.2) is 29.4 Å². The molecule has 2 heterocycles. The van der Waals surface area contributed by atoms with Crippen LogP contribution in [0.1, 0.15) is 37.8 Å². The van der Waals surface area contributed by atoms with E-state index in [-0.39, 0.29) is 0 Å². The van der Waals surface area contributed by atoms with Crippen molar-refractivity contribution in [3.05, 3.63) is 30.1 Å². The van der Waals surface area contributed by atoms with Gasteiger partial charge >= 0.3 is 0 Å². The van der Waals surface area contributed by atoms with E-state index in [2.05, 4.69) is 22.7 Å². The van der Waals surface area contributed by atoms with Gasteiger partial charge < -0.3 is 10.1 Å². The number of hydrogen-bond donors (Lipinski definition) is 1. The molecule has 2 aromatic heterocycles. The van der Waals surface area contributed by atoms with Crippen molar-refractivity contribution in [2.45, 2.75) is 48.8 Å². The number of fused-ring (bicyclic) bond motifs is 1. The molecule has 1 fully saturated rings. The highest BCUT2D eigenvalue weighted by molar-refractivity contribution is 7.99. The highest BCUT2D eigenvalue weighted by Gasteiger charge is 2.19. The zero-order valence-corrected chi connectivity index (χ0v) is 12.0. The predicted octanol–water partition coefficient (Wildman–Crippen LogP) is 3.26. The van der Waals surface area contributed by atoms with Crippen molar-refractivity contribution in [2.75, 3.05) is 6.54 Å². The smallest absolute Gasteiger partial charge is 0.138 e. The molecule has 4 heteroatoms. The minimum absolute atomic E-state index is 0.681. The van der Waals surface area contributed by atoms with Crippen molar-refractivity contribution in [1.82, 2.24) is 9.38 Å². The summed E-state index contributed by atoms with van der Waals surface area (Å²) >= 11 is 1.97. The van der Waals surface area contributed by atoms with Crippen LogP contribution in [0.5, 0.6) is 0 Å². The number of imidazole rings is 1. The van der Waals surface area contributed by atoms with Crippen LogP contribution in [0, 0.1) is 0 Å². The molecule has 0 radical (unpaired) electrons. The van der Waals surface area contributed by atoms with E-state index in [1.54, 1.807) is 0 Å². The lowest BCUT2D eigenvalue weighted by Crippen LogP contribution is -2.10. The lowest BCUT2D eigenvalue weighted by Gasteiger charge is -2.20. The fraction of sp³-hybridized carbons (Fsp3) is 0.533. The largest absolute Gasteiger partial charge is 0.330 e. The Hall–Kier alpha value is -1.00. The number of pyridine rings is 1. The molecule has 1 saturated carbocycles. The summed E-state index contributed by atoms with van der Waals surface area (Å²) in [5.74, 6) is 0. The Bertz CT molecular complexity index is 543. The van der Waals surface area contributed by atoms with Gasteiger partial charge in [0.15, 0.2) is 0 Å². The Labute approximate surface area is 118 Å². The minimum Gasteiger partial charge on any atom is -0.330 e. The molecule has 3 nitrogen and oxygen atoms in total. The number of thioether (sulfide) groups is 1. The van der Waals surface area contributed by atoms with Crippen LogP contribution in [-0.2, 0) is 6.42 Å². The molecule has 1 aliphatic rings. The zero-order valence-electron chi connectivity index (χ0n) is 11.2. The molecule has 19 heavy (non-hydrogen) atoms. The molecule has 0 saturated heterocycles. The highest BCUT2D eigenvalue weighted by Crippen LogP contribution is 2.35. The highest BCUT2D eigenvalue weighted by atomic mass is 32.2. The summed E-state index contributed by atoms with van der Waals surface area (Å²) in [6.07, 6.45) is 9.81. The molecule has 2 N–H and O–H groups in total. The normalized spacial score (nSPS) is 17.1. The van der Waals surface area contributed by atoms with Crippen molar-refractivity contribution in [2.24, 2.45) is 5.73 Å². The van der Waals surface area contributed by atoms with Crippen LogP contribution in [0.25, 0.3) is 5.65 Å². The summed E-state index contributed by atoms with van der Waals surface area (Å²) in [4.78, 5) is 4.80. The summed E-state index contributed by atoms with van der Waals surface area (Å²) in [6, 6.07) is 6.18. The maximum Gasteiger partial charge on any atom is 0.138 e. The molecular weight excluding hydrogens is 254 g/mol. The number of aromatic nitrogens is 2. The van der Waals surface area contributed by atoms with E-state index >= 15 is 0 Å². The van der Waals surface area contributed by atoms with E-state index in [4.69, 9.17) is 10.7 Å². The quantitative estimate of drug-likeness (QED) is 0.931. The van der Waals surface area contributed by atoms with Crippen LogP contribution in [-0.4, -0.2) is 21.2 Å². The van der Waals surface area contributed by atoms with Gasteiger partial charge in [-0.15, -0.1) is 11.8 Å². The first-order chi connectivity index (χ1) is 9.38. The second kappa shape index (κ2) is 5.97. The molecule has 1 aliphatic carbocycles. The van der Waals surface area contributed by atoms with Crippen LogP contribution in [0.3, 0.4) is 0 Å². The molecule has 102 valence electrons. The van der Waals surface area contributed by atoms with Crippen LogP contribution >= 0.6 is 11.8 Å². The van der Waals surface area contributed by atoms with Crippen molar-refractivity contribution < 1.29 is 0 Å². The van der Waals surface area contributed by atoms with Crippen LogP contribution < -0.4 is 5.73 Å². The van der Waals surface area contributed by atoms with E-state index in [1.807, 2.05) is 17.8 Å². The second-order valence-electron chi connectivity index (χ2n) is 5.21. The van der Waals surface area contributed by atoms with E-state index in [0.29, 0.717) is 6.54 Å². The van der Waals surface area contributed by atoms with Crippen molar-refractivity contribution in [3.63, 3.8) is 0 Å². The van der Waals surface area contributed by atoms with Crippen molar-refractivity contribution >= 4 is 17.4 Å². The van der Waals surface area contributed by atoms with Crippen LogP contribution in [0.4, 0.5) is 0 Å². The number of rotatable bonds is 4.